The van der Waals surface area contributed by atoms with Crippen LogP contribution in [0.2, 0.25) is 0 Å². The Hall–Kier alpha value is -1.71. The molecule has 0 unspecified atom stereocenters. The van der Waals surface area contributed by atoms with E-state index in [2.05, 4.69) is 10.2 Å². The zero-order valence-corrected chi connectivity index (χ0v) is 11.0. The summed E-state index contributed by atoms with van der Waals surface area (Å²) in [6.45, 7) is 6.04. The highest BCUT2D eigenvalue weighted by molar-refractivity contribution is 5.82. The molecule has 1 aromatic rings. The van der Waals surface area contributed by atoms with Crippen molar-refractivity contribution in [1.29, 1.82) is 0 Å². The van der Waals surface area contributed by atoms with Gasteiger partial charge in [-0.3, -0.25) is 4.79 Å². The summed E-state index contributed by atoms with van der Waals surface area (Å²) >= 11 is 0. The van der Waals surface area contributed by atoms with Gasteiger partial charge >= 0.3 is 0 Å². The molecule has 0 spiro atoms. The molecule has 0 aliphatic carbocycles. The van der Waals surface area contributed by atoms with Crippen molar-refractivity contribution in [2.75, 3.05) is 24.5 Å². The van der Waals surface area contributed by atoms with E-state index in [0.29, 0.717) is 6.54 Å². The molecule has 1 saturated heterocycles. The van der Waals surface area contributed by atoms with E-state index in [0.717, 1.165) is 30.9 Å². The maximum atomic E-state index is 11.6. The molecule has 0 aromatic heterocycles. The number of carbonyl (C=O) groups excluding carboxylic acids is 1. The highest BCUT2D eigenvalue weighted by Gasteiger charge is 2.18. The van der Waals surface area contributed by atoms with E-state index in [1.807, 2.05) is 38.1 Å². The Morgan fingerprint density at radius 1 is 1.33 bits per heavy atom. The summed E-state index contributed by atoms with van der Waals surface area (Å²) in [5, 5.41) is 2.88. The van der Waals surface area contributed by atoms with E-state index in [9.17, 15) is 4.79 Å². The summed E-state index contributed by atoms with van der Waals surface area (Å²) in [6, 6.07) is 7.90. The van der Waals surface area contributed by atoms with Gasteiger partial charge in [0.15, 0.2) is 0 Å². The van der Waals surface area contributed by atoms with Crippen molar-refractivity contribution in [3.63, 3.8) is 0 Å². The van der Waals surface area contributed by atoms with Gasteiger partial charge in [-0.1, -0.05) is 12.1 Å². The van der Waals surface area contributed by atoms with Crippen LogP contribution in [0.1, 0.15) is 20.3 Å². The molecule has 0 radical (unpaired) electrons. The number of benzene rings is 1. The molecule has 0 atom stereocenters. The Kier molecular flexibility index (Phi) is 4.07. The molecule has 0 saturated carbocycles. The Morgan fingerprint density at radius 2 is 2.11 bits per heavy atom. The van der Waals surface area contributed by atoms with Crippen LogP contribution in [0.25, 0.3) is 0 Å². The first-order valence-corrected chi connectivity index (χ1v) is 6.44. The van der Waals surface area contributed by atoms with Crippen LogP contribution in [0.4, 0.5) is 5.69 Å². The van der Waals surface area contributed by atoms with Crippen LogP contribution >= 0.6 is 0 Å². The number of ether oxygens (including phenoxy) is 1. The average molecular weight is 248 g/mol. The Morgan fingerprint density at radius 3 is 2.89 bits per heavy atom. The fourth-order valence-corrected chi connectivity index (χ4v) is 2.08. The summed E-state index contributed by atoms with van der Waals surface area (Å²) in [5.74, 6) is 0.925. The van der Waals surface area contributed by atoms with Gasteiger partial charge in [-0.2, -0.15) is 0 Å². The van der Waals surface area contributed by atoms with Crippen molar-refractivity contribution in [2.45, 2.75) is 26.4 Å². The van der Waals surface area contributed by atoms with Gasteiger partial charge in [-0.25, -0.2) is 0 Å². The minimum Gasteiger partial charge on any atom is -0.489 e. The molecule has 1 aromatic carbocycles. The van der Waals surface area contributed by atoms with Crippen LogP contribution in [0, 0.1) is 0 Å². The lowest BCUT2D eigenvalue weighted by Crippen LogP contribution is -2.33. The first kappa shape index (κ1) is 12.7. The lowest BCUT2D eigenvalue weighted by Gasteiger charge is -2.24. The molecule has 4 nitrogen and oxygen atoms in total. The number of rotatable bonds is 3. The lowest BCUT2D eigenvalue weighted by molar-refractivity contribution is -0.119. The Balaban J connectivity index is 2.22. The summed E-state index contributed by atoms with van der Waals surface area (Å²) in [5.41, 5.74) is 1.00. The van der Waals surface area contributed by atoms with Gasteiger partial charge in [-0.15, -0.1) is 0 Å². The van der Waals surface area contributed by atoms with E-state index >= 15 is 0 Å². The highest BCUT2D eigenvalue weighted by atomic mass is 16.5. The van der Waals surface area contributed by atoms with Gasteiger partial charge in [0.25, 0.3) is 0 Å². The first-order chi connectivity index (χ1) is 8.66. The van der Waals surface area contributed by atoms with Gasteiger partial charge in [0.2, 0.25) is 5.91 Å². The number of nitrogens with one attached hydrogen (secondary N) is 1. The summed E-state index contributed by atoms with van der Waals surface area (Å²) in [7, 11) is 0. The molecule has 98 valence electrons. The van der Waals surface area contributed by atoms with Crippen molar-refractivity contribution < 1.29 is 9.53 Å². The van der Waals surface area contributed by atoms with Crippen molar-refractivity contribution >= 4 is 11.6 Å². The largest absolute Gasteiger partial charge is 0.489 e. The molecule has 1 amide bonds. The van der Waals surface area contributed by atoms with Crippen molar-refractivity contribution in [2.24, 2.45) is 0 Å². The van der Waals surface area contributed by atoms with Crippen molar-refractivity contribution in [3.8, 4) is 5.75 Å². The first-order valence-electron chi connectivity index (χ1n) is 6.44. The standard InChI is InChI=1S/C14H20N2O2/c1-11(2)18-13-7-4-3-6-12(13)16-9-5-8-15-14(17)10-16/h3-4,6-7,11H,5,8-10H2,1-2H3,(H,15,17). The Labute approximate surface area is 108 Å². The molecule has 0 bridgehead atoms. The summed E-state index contributed by atoms with van der Waals surface area (Å²) in [6.07, 6.45) is 1.09. The molecule has 4 heteroatoms. The fourth-order valence-electron chi connectivity index (χ4n) is 2.08. The highest BCUT2D eigenvalue weighted by Crippen LogP contribution is 2.29. The molecule has 18 heavy (non-hydrogen) atoms. The van der Waals surface area contributed by atoms with E-state index in [4.69, 9.17) is 4.74 Å². The van der Waals surface area contributed by atoms with Gasteiger partial charge in [0.05, 0.1) is 18.3 Å². The van der Waals surface area contributed by atoms with Crippen LogP contribution in [0.5, 0.6) is 5.75 Å². The number of carbonyl (C=O) groups is 1. The second kappa shape index (κ2) is 5.76. The van der Waals surface area contributed by atoms with Gasteiger partial charge < -0.3 is 15.0 Å². The van der Waals surface area contributed by atoms with Crippen LogP contribution < -0.4 is 15.0 Å². The van der Waals surface area contributed by atoms with Crippen LogP contribution in [-0.4, -0.2) is 31.6 Å². The fraction of sp³-hybridized carbons (Fsp3) is 0.500. The molecule has 1 heterocycles. The molecule has 1 aliphatic rings. The average Bonchev–Trinajstić information content (AvgIpc) is 2.54. The van der Waals surface area contributed by atoms with Crippen molar-refractivity contribution in [1.82, 2.24) is 5.32 Å². The van der Waals surface area contributed by atoms with Gasteiger partial charge in [0, 0.05) is 13.1 Å². The maximum absolute atomic E-state index is 11.6. The lowest BCUT2D eigenvalue weighted by atomic mass is 10.2. The summed E-state index contributed by atoms with van der Waals surface area (Å²) < 4.78 is 5.80. The number of hydrogen-bond acceptors (Lipinski definition) is 3. The second-order valence-electron chi connectivity index (χ2n) is 4.76. The van der Waals surface area contributed by atoms with Crippen molar-refractivity contribution in [3.05, 3.63) is 24.3 Å². The molecule has 2 rings (SSSR count). The normalized spacial score (nSPS) is 16.4. The maximum Gasteiger partial charge on any atom is 0.239 e. The number of para-hydroxylation sites is 2. The molecule has 1 fully saturated rings. The third kappa shape index (κ3) is 3.15. The zero-order chi connectivity index (χ0) is 13.0. The quantitative estimate of drug-likeness (QED) is 0.887. The molecule has 1 N–H and O–H groups in total. The summed E-state index contributed by atoms with van der Waals surface area (Å²) in [4.78, 5) is 13.7. The monoisotopic (exact) mass is 248 g/mol. The minimum absolute atomic E-state index is 0.0758. The van der Waals surface area contributed by atoms with Gasteiger partial charge in [-0.05, 0) is 32.4 Å². The molecular weight excluding hydrogens is 228 g/mol. The van der Waals surface area contributed by atoms with Crippen LogP contribution in [0.3, 0.4) is 0 Å². The predicted octanol–water partition coefficient (Wildman–Crippen LogP) is 1.80. The molecule has 1 aliphatic heterocycles. The van der Waals surface area contributed by atoms with E-state index in [-0.39, 0.29) is 12.0 Å². The smallest absolute Gasteiger partial charge is 0.239 e. The minimum atomic E-state index is 0.0758. The van der Waals surface area contributed by atoms with Crippen LogP contribution in [0.15, 0.2) is 24.3 Å². The van der Waals surface area contributed by atoms with E-state index < -0.39 is 0 Å². The number of amides is 1. The topological polar surface area (TPSA) is 41.6 Å². The van der Waals surface area contributed by atoms with Crippen LogP contribution in [-0.2, 0) is 4.79 Å². The second-order valence-corrected chi connectivity index (χ2v) is 4.76. The third-order valence-electron chi connectivity index (χ3n) is 2.83. The number of hydrogen-bond donors (Lipinski definition) is 1. The SMILES string of the molecule is CC(C)Oc1ccccc1N1CCCNC(=O)C1. The molecular formula is C14H20N2O2. The van der Waals surface area contributed by atoms with Gasteiger partial charge in [0.1, 0.15) is 5.75 Å². The Bertz CT molecular complexity index is 418. The number of nitrogens with zero attached hydrogens (tertiary/aromatic N) is 1. The van der Waals surface area contributed by atoms with E-state index in [1.165, 1.54) is 0 Å². The third-order valence-corrected chi connectivity index (χ3v) is 2.83. The van der Waals surface area contributed by atoms with E-state index in [1.54, 1.807) is 0 Å². The zero-order valence-electron chi connectivity index (χ0n) is 11.0. The number of anilines is 1. The predicted molar refractivity (Wildman–Crippen MR) is 72.0 cm³/mol.